The van der Waals surface area contributed by atoms with Crippen molar-refractivity contribution in [3.05, 3.63) is 96.1 Å². The van der Waals surface area contributed by atoms with Crippen molar-refractivity contribution in [1.82, 2.24) is 10.9 Å². The van der Waals surface area contributed by atoms with Crippen molar-refractivity contribution < 1.29 is 27.8 Å². The lowest BCUT2D eigenvalue weighted by molar-refractivity contribution is -0.129. The molecule has 0 radical (unpaired) electrons. The summed E-state index contributed by atoms with van der Waals surface area (Å²) in [5.41, 5.74) is 5.00. The summed E-state index contributed by atoms with van der Waals surface area (Å²) in [6, 6.07) is 24.3. The number of sulfone groups is 1. The van der Waals surface area contributed by atoms with Crippen LogP contribution in [0, 0.1) is 0 Å². The molecule has 9 nitrogen and oxygen atoms in total. The van der Waals surface area contributed by atoms with E-state index >= 15 is 0 Å². The topological polar surface area (TPSA) is 126 Å². The zero-order valence-electron chi connectivity index (χ0n) is 21.0. The first-order chi connectivity index (χ1) is 18.4. The Balaban J connectivity index is 1.72. The minimum atomic E-state index is -3.70. The third-order valence-electron chi connectivity index (χ3n) is 6.23. The van der Waals surface area contributed by atoms with Crippen LogP contribution in [-0.2, 0) is 19.4 Å². The lowest BCUT2D eigenvalue weighted by Crippen LogP contribution is -2.52. The molecule has 4 rings (SSSR count). The third-order valence-corrected chi connectivity index (χ3v) is 7.96. The number of benzene rings is 3. The Kier molecular flexibility index (Phi) is 8.77. The number of aliphatic imine (C=N–C) groups is 1. The number of aliphatic hydroxyl groups excluding tert-OH is 1. The molecule has 1 aliphatic heterocycles. The first-order valence-corrected chi connectivity index (χ1v) is 14.0. The second kappa shape index (κ2) is 12.2. The Morgan fingerprint density at radius 3 is 2.32 bits per heavy atom. The van der Waals surface area contributed by atoms with Crippen molar-refractivity contribution in [3.63, 3.8) is 0 Å². The van der Waals surface area contributed by atoms with Crippen molar-refractivity contribution in [3.8, 4) is 5.75 Å². The molecule has 0 aromatic heterocycles. The summed E-state index contributed by atoms with van der Waals surface area (Å²) in [6.07, 6.45) is -0.451. The normalized spacial score (nSPS) is 18.9. The van der Waals surface area contributed by atoms with E-state index < -0.39 is 27.4 Å². The van der Waals surface area contributed by atoms with Crippen molar-refractivity contribution in [2.75, 3.05) is 26.0 Å². The first kappa shape index (κ1) is 27.3. The summed E-state index contributed by atoms with van der Waals surface area (Å²) >= 11 is 0. The molecule has 38 heavy (non-hydrogen) atoms. The van der Waals surface area contributed by atoms with Gasteiger partial charge >= 0.3 is 0 Å². The predicted molar refractivity (Wildman–Crippen MR) is 143 cm³/mol. The summed E-state index contributed by atoms with van der Waals surface area (Å²) in [5, 5.41) is 8.95. The second-order valence-electron chi connectivity index (χ2n) is 8.79. The number of ether oxygens (including phenoxy) is 2. The quantitative estimate of drug-likeness (QED) is 0.240. The van der Waals surface area contributed by atoms with Crippen LogP contribution in [0.15, 0.2) is 94.8 Å². The molecule has 0 spiro atoms. The van der Waals surface area contributed by atoms with Gasteiger partial charge in [0.05, 0.1) is 17.3 Å². The Labute approximate surface area is 222 Å². The Hall–Kier alpha value is -3.73. The molecule has 0 saturated carbocycles. The van der Waals surface area contributed by atoms with Crippen LogP contribution in [0.5, 0.6) is 5.75 Å². The van der Waals surface area contributed by atoms with Gasteiger partial charge in [0.2, 0.25) is 5.90 Å². The summed E-state index contributed by atoms with van der Waals surface area (Å²) in [4.78, 5) is 18.5. The highest BCUT2D eigenvalue weighted by atomic mass is 32.2. The molecule has 0 bridgehead atoms. The molecule has 2 atom stereocenters. The number of amides is 1. The maximum Gasteiger partial charge on any atom is 0.266 e. The number of carbonyl (C=O) groups is 1. The van der Waals surface area contributed by atoms with Crippen LogP contribution in [0.4, 0.5) is 0 Å². The summed E-state index contributed by atoms with van der Waals surface area (Å²) < 4.78 is 38.3. The molecular weight excluding hydrogens is 506 g/mol. The molecule has 0 fully saturated rings. The van der Waals surface area contributed by atoms with Gasteiger partial charge in [-0.05, 0) is 42.0 Å². The van der Waals surface area contributed by atoms with Gasteiger partial charge < -0.3 is 14.6 Å². The van der Waals surface area contributed by atoms with E-state index in [9.17, 15) is 13.2 Å². The van der Waals surface area contributed by atoms with E-state index in [0.717, 1.165) is 0 Å². The molecule has 10 heteroatoms. The maximum atomic E-state index is 13.6. The fourth-order valence-corrected chi connectivity index (χ4v) is 5.64. The summed E-state index contributed by atoms with van der Waals surface area (Å²) in [7, 11) is -2.14. The van der Waals surface area contributed by atoms with Crippen molar-refractivity contribution in [2.24, 2.45) is 4.99 Å². The molecular formula is C28H31N3O6S. The molecule has 1 aliphatic rings. The van der Waals surface area contributed by atoms with Crippen molar-refractivity contribution in [1.29, 1.82) is 0 Å². The lowest BCUT2D eigenvalue weighted by atomic mass is 9.85. The van der Waals surface area contributed by atoms with E-state index in [1.165, 1.54) is 12.1 Å². The van der Waals surface area contributed by atoms with E-state index in [0.29, 0.717) is 29.9 Å². The van der Waals surface area contributed by atoms with Crippen LogP contribution in [0.3, 0.4) is 0 Å². The van der Waals surface area contributed by atoms with Gasteiger partial charge in [-0.25, -0.2) is 18.8 Å². The monoisotopic (exact) mass is 537 g/mol. The van der Waals surface area contributed by atoms with Gasteiger partial charge in [0.1, 0.15) is 5.75 Å². The molecule has 3 aromatic carbocycles. The number of hydrogen-bond acceptors (Lipinski definition) is 8. The molecule has 0 aliphatic carbocycles. The smallest absolute Gasteiger partial charge is 0.266 e. The summed E-state index contributed by atoms with van der Waals surface area (Å²) in [5.74, 6) is 0.0312. The SMILES string of the molecule is CNNC(=O)[C@@]1(CCS(=O)(=O)c2ccccc2)N=C(c2ccc(OCCCO)cc2)O[C@H]1c1ccccc1. The fourth-order valence-electron chi connectivity index (χ4n) is 4.26. The lowest BCUT2D eigenvalue weighted by Gasteiger charge is -2.30. The number of carbonyl (C=O) groups excluding carboxylic acids is 1. The standard InChI is InChI=1S/C28H31N3O6S/c1-29-31-27(33)28(17-20-38(34,35)24-11-6-3-7-12-24)25(21-9-4-2-5-10-21)37-26(30-28)22-13-15-23(16-14-22)36-19-8-18-32/h2-7,9-16,25,29,32H,8,17-20H2,1H3,(H,31,33)/t25-,28-/m0/s1. The van der Waals surface area contributed by atoms with Crippen LogP contribution < -0.4 is 15.6 Å². The van der Waals surface area contributed by atoms with Gasteiger partial charge in [-0.15, -0.1) is 0 Å². The highest BCUT2D eigenvalue weighted by Gasteiger charge is 2.53. The molecule has 1 amide bonds. The van der Waals surface area contributed by atoms with Gasteiger partial charge in [-0.3, -0.25) is 10.2 Å². The van der Waals surface area contributed by atoms with E-state index in [1.807, 2.05) is 30.3 Å². The molecule has 1 heterocycles. The number of aliphatic hydroxyl groups is 1. The van der Waals surface area contributed by atoms with Gasteiger partial charge in [-0.2, -0.15) is 0 Å². The van der Waals surface area contributed by atoms with Crippen LogP contribution >= 0.6 is 0 Å². The van der Waals surface area contributed by atoms with Gasteiger partial charge in [-0.1, -0.05) is 48.5 Å². The number of rotatable bonds is 12. The molecule has 0 unspecified atom stereocenters. The van der Waals surface area contributed by atoms with Crippen molar-refractivity contribution in [2.45, 2.75) is 29.4 Å². The van der Waals surface area contributed by atoms with Gasteiger partial charge in [0, 0.05) is 32.1 Å². The zero-order chi connectivity index (χ0) is 27.0. The van der Waals surface area contributed by atoms with Crippen LogP contribution in [0.2, 0.25) is 0 Å². The van der Waals surface area contributed by atoms with E-state index in [-0.39, 0.29) is 29.6 Å². The van der Waals surface area contributed by atoms with Crippen LogP contribution in [0.1, 0.15) is 30.1 Å². The first-order valence-electron chi connectivity index (χ1n) is 12.3. The Morgan fingerprint density at radius 2 is 1.68 bits per heavy atom. The second-order valence-corrected chi connectivity index (χ2v) is 10.9. The molecule has 0 saturated heterocycles. The molecule has 200 valence electrons. The minimum absolute atomic E-state index is 0.0420. The Bertz CT molecular complexity index is 1350. The van der Waals surface area contributed by atoms with Gasteiger partial charge in [0.15, 0.2) is 21.5 Å². The van der Waals surface area contributed by atoms with E-state index in [1.54, 1.807) is 49.5 Å². The van der Waals surface area contributed by atoms with Crippen LogP contribution in [0.25, 0.3) is 0 Å². The number of nitrogens with one attached hydrogen (secondary N) is 2. The number of hydrogen-bond donors (Lipinski definition) is 3. The van der Waals surface area contributed by atoms with Gasteiger partial charge in [0.25, 0.3) is 5.91 Å². The zero-order valence-corrected chi connectivity index (χ0v) is 21.9. The van der Waals surface area contributed by atoms with Crippen LogP contribution in [-0.4, -0.2) is 56.9 Å². The van der Waals surface area contributed by atoms with Crippen molar-refractivity contribution >= 4 is 21.6 Å². The highest BCUT2D eigenvalue weighted by Crippen LogP contribution is 2.43. The number of nitrogens with zero attached hydrogens (tertiary/aromatic N) is 1. The minimum Gasteiger partial charge on any atom is -0.494 e. The maximum absolute atomic E-state index is 13.6. The van der Waals surface area contributed by atoms with E-state index in [2.05, 4.69) is 10.9 Å². The van der Waals surface area contributed by atoms with E-state index in [4.69, 9.17) is 19.6 Å². The number of hydrazine groups is 1. The average molecular weight is 538 g/mol. The average Bonchev–Trinajstić information content (AvgIpc) is 3.35. The predicted octanol–water partition coefficient (Wildman–Crippen LogP) is 2.82. The molecule has 3 N–H and O–H groups in total. The third kappa shape index (κ3) is 6.04. The highest BCUT2D eigenvalue weighted by molar-refractivity contribution is 7.91. The summed E-state index contributed by atoms with van der Waals surface area (Å²) in [6.45, 7) is 0.424. The largest absolute Gasteiger partial charge is 0.494 e. The fraction of sp³-hybridized carbons (Fsp3) is 0.286. The molecule has 3 aromatic rings. The Morgan fingerprint density at radius 1 is 1.03 bits per heavy atom.